The zero-order valence-electron chi connectivity index (χ0n) is 19.5. The molecule has 0 spiro atoms. The van der Waals surface area contributed by atoms with Crippen molar-refractivity contribution in [2.45, 2.75) is 44.5 Å². The molecule has 1 heterocycles. The summed E-state index contributed by atoms with van der Waals surface area (Å²) in [5.74, 6) is 0.848. The van der Waals surface area contributed by atoms with Crippen LogP contribution in [-0.2, 0) is 6.54 Å². The first-order valence-electron chi connectivity index (χ1n) is 12.0. The summed E-state index contributed by atoms with van der Waals surface area (Å²) < 4.78 is 5.90. The van der Waals surface area contributed by atoms with Crippen LogP contribution in [0.5, 0.6) is 5.75 Å². The highest BCUT2D eigenvalue weighted by Gasteiger charge is 2.17. The van der Waals surface area contributed by atoms with Crippen molar-refractivity contribution in [3.05, 3.63) is 74.8 Å². The molecule has 1 fully saturated rings. The first-order valence-corrected chi connectivity index (χ1v) is 12.3. The van der Waals surface area contributed by atoms with Gasteiger partial charge in [0.1, 0.15) is 11.9 Å². The van der Waals surface area contributed by atoms with Crippen molar-refractivity contribution in [3.8, 4) is 5.75 Å². The number of hydrogen-bond acceptors (Lipinski definition) is 7. The van der Waals surface area contributed by atoms with E-state index in [9.17, 15) is 15.2 Å². The van der Waals surface area contributed by atoms with Crippen LogP contribution in [0.1, 0.15) is 42.9 Å². The van der Waals surface area contributed by atoms with E-state index in [1.807, 2.05) is 12.1 Å². The van der Waals surface area contributed by atoms with Crippen molar-refractivity contribution in [3.63, 3.8) is 0 Å². The van der Waals surface area contributed by atoms with Crippen LogP contribution in [0.25, 0.3) is 0 Å². The SMILES string of the molecule is O=[N+]([O-])CC(NCCCOc1cccc(CN2CCCCC2)c1)NCC(O)c1ccc(Cl)cc1. The molecular weight excluding hydrogens is 456 g/mol. The Balaban J connectivity index is 1.37. The number of aliphatic hydroxyl groups excluding tert-OH is 1. The second kappa shape index (κ2) is 14.2. The molecule has 2 atom stereocenters. The zero-order chi connectivity index (χ0) is 24.2. The summed E-state index contributed by atoms with van der Waals surface area (Å²) in [5, 5.41) is 28.1. The summed E-state index contributed by atoms with van der Waals surface area (Å²) in [7, 11) is 0. The van der Waals surface area contributed by atoms with E-state index in [4.69, 9.17) is 16.3 Å². The minimum atomic E-state index is -0.783. The number of ether oxygens (including phenoxy) is 1. The number of likely N-dealkylation sites (tertiary alicyclic amines) is 1. The van der Waals surface area contributed by atoms with E-state index < -0.39 is 12.3 Å². The van der Waals surface area contributed by atoms with Crippen molar-refractivity contribution in [2.24, 2.45) is 0 Å². The number of nitrogens with zero attached hydrogens (tertiary/aromatic N) is 2. The number of nitrogens with one attached hydrogen (secondary N) is 2. The molecule has 1 saturated heterocycles. The number of rotatable bonds is 14. The van der Waals surface area contributed by atoms with Gasteiger partial charge in [0.25, 0.3) is 0 Å². The zero-order valence-corrected chi connectivity index (χ0v) is 20.3. The second-order valence-electron chi connectivity index (χ2n) is 8.68. The minimum absolute atomic E-state index is 0.188. The predicted octanol–water partition coefficient (Wildman–Crippen LogP) is 3.61. The molecule has 1 aliphatic rings. The third-order valence-corrected chi connectivity index (χ3v) is 6.13. The molecule has 1 aliphatic heterocycles. The predicted molar refractivity (Wildman–Crippen MR) is 134 cm³/mol. The maximum atomic E-state index is 11.0. The number of hydrogen-bond donors (Lipinski definition) is 3. The van der Waals surface area contributed by atoms with E-state index in [1.54, 1.807) is 24.3 Å². The Labute approximate surface area is 206 Å². The maximum Gasteiger partial charge on any atom is 0.231 e. The van der Waals surface area contributed by atoms with Crippen molar-refractivity contribution >= 4 is 11.6 Å². The normalized spacial score (nSPS) is 16.2. The van der Waals surface area contributed by atoms with Crippen molar-refractivity contribution < 1.29 is 14.8 Å². The van der Waals surface area contributed by atoms with E-state index in [2.05, 4.69) is 27.7 Å². The number of piperidine rings is 1. The van der Waals surface area contributed by atoms with Crippen molar-refractivity contribution in [1.29, 1.82) is 0 Å². The number of halogens is 1. The Morgan fingerprint density at radius 3 is 2.62 bits per heavy atom. The molecule has 0 bridgehead atoms. The molecule has 2 aromatic carbocycles. The number of benzene rings is 2. The van der Waals surface area contributed by atoms with E-state index in [0.717, 1.165) is 25.4 Å². The van der Waals surface area contributed by atoms with E-state index >= 15 is 0 Å². The molecule has 186 valence electrons. The molecule has 0 aromatic heterocycles. The van der Waals surface area contributed by atoms with Crippen LogP contribution >= 0.6 is 11.6 Å². The lowest BCUT2D eigenvalue weighted by Crippen LogP contribution is -2.48. The van der Waals surface area contributed by atoms with Crippen LogP contribution in [0, 0.1) is 10.1 Å². The molecule has 9 heteroatoms. The molecule has 34 heavy (non-hydrogen) atoms. The Morgan fingerprint density at radius 2 is 1.88 bits per heavy atom. The summed E-state index contributed by atoms with van der Waals surface area (Å²) in [6, 6.07) is 15.1. The fourth-order valence-electron chi connectivity index (χ4n) is 4.05. The highest BCUT2D eigenvalue weighted by molar-refractivity contribution is 6.30. The van der Waals surface area contributed by atoms with E-state index in [-0.39, 0.29) is 18.0 Å². The summed E-state index contributed by atoms with van der Waals surface area (Å²) >= 11 is 5.88. The molecule has 0 saturated carbocycles. The first-order chi connectivity index (χ1) is 16.5. The monoisotopic (exact) mass is 490 g/mol. The van der Waals surface area contributed by atoms with Gasteiger partial charge in [-0.15, -0.1) is 0 Å². The summed E-state index contributed by atoms with van der Waals surface area (Å²) in [5.41, 5.74) is 1.96. The average molecular weight is 491 g/mol. The largest absolute Gasteiger partial charge is 0.494 e. The maximum absolute atomic E-state index is 11.0. The molecule has 0 amide bonds. The van der Waals surface area contributed by atoms with Gasteiger partial charge in [-0.2, -0.15) is 0 Å². The molecule has 3 rings (SSSR count). The van der Waals surface area contributed by atoms with Crippen molar-refractivity contribution in [2.75, 3.05) is 39.3 Å². The Hall–Kier alpha value is -2.23. The molecule has 8 nitrogen and oxygen atoms in total. The van der Waals surface area contributed by atoms with Crippen LogP contribution in [-0.4, -0.2) is 60.4 Å². The summed E-state index contributed by atoms with van der Waals surface area (Å²) in [6.07, 6.45) is 3.24. The van der Waals surface area contributed by atoms with Gasteiger partial charge in [0.2, 0.25) is 6.54 Å². The third-order valence-electron chi connectivity index (χ3n) is 5.88. The summed E-state index contributed by atoms with van der Waals surface area (Å²) in [6.45, 7) is 4.24. The number of aliphatic hydroxyl groups is 1. The Kier molecular flexibility index (Phi) is 11.0. The van der Waals surface area contributed by atoms with Crippen LogP contribution in [0.2, 0.25) is 5.02 Å². The van der Waals surface area contributed by atoms with E-state index in [0.29, 0.717) is 30.2 Å². The van der Waals surface area contributed by atoms with Gasteiger partial charge >= 0.3 is 0 Å². The highest BCUT2D eigenvalue weighted by Crippen LogP contribution is 2.18. The molecular formula is C25H35ClN4O4. The standard InChI is InChI=1S/C25H35ClN4O4/c26-22-10-8-21(9-11-22)24(31)17-28-25(19-30(32)33)27-12-5-15-34-23-7-4-6-20(16-23)18-29-13-2-1-3-14-29/h4,6-11,16,24-25,27-28,31H,1-3,5,12-15,17-19H2. The topological polar surface area (TPSA) is 99.9 Å². The molecule has 2 unspecified atom stereocenters. The first kappa shape index (κ1) is 26.4. The Morgan fingerprint density at radius 1 is 1.12 bits per heavy atom. The van der Waals surface area contributed by atoms with Gasteiger partial charge in [0, 0.05) is 29.6 Å². The van der Waals surface area contributed by atoms with Crippen molar-refractivity contribution in [1.82, 2.24) is 15.5 Å². The Bertz CT molecular complexity index is 877. The van der Waals surface area contributed by atoms with E-state index in [1.165, 1.54) is 24.8 Å². The van der Waals surface area contributed by atoms with Gasteiger partial charge in [-0.25, -0.2) is 0 Å². The molecule has 3 N–H and O–H groups in total. The third kappa shape index (κ3) is 9.56. The van der Waals surface area contributed by atoms with Crippen LogP contribution < -0.4 is 15.4 Å². The van der Waals surface area contributed by atoms with Gasteiger partial charge in [0.15, 0.2) is 0 Å². The smallest absolute Gasteiger partial charge is 0.231 e. The lowest BCUT2D eigenvalue weighted by molar-refractivity contribution is -0.484. The average Bonchev–Trinajstić information content (AvgIpc) is 2.83. The lowest BCUT2D eigenvalue weighted by Gasteiger charge is -2.26. The molecule has 0 radical (unpaired) electrons. The fourth-order valence-corrected chi connectivity index (χ4v) is 4.18. The minimum Gasteiger partial charge on any atom is -0.494 e. The fraction of sp³-hybridized carbons (Fsp3) is 0.520. The molecule has 0 aliphatic carbocycles. The van der Waals surface area contributed by atoms with Gasteiger partial charge in [-0.1, -0.05) is 42.3 Å². The summed E-state index contributed by atoms with van der Waals surface area (Å²) in [4.78, 5) is 13.1. The van der Waals surface area contributed by atoms with Crippen LogP contribution in [0.15, 0.2) is 48.5 Å². The van der Waals surface area contributed by atoms with Crippen LogP contribution in [0.4, 0.5) is 0 Å². The van der Waals surface area contributed by atoms with Gasteiger partial charge < -0.3 is 9.84 Å². The highest BCUT2D eigenvalue weighted by atomic mass is 35.5. The van der Waals surface area contributed by atoms with Gasteiger partial charge in [-0.3, -0.25) is 25.6 Å². The quantitative estimate of drug-likeness (QED) is 0.161. The molecule has 2 aromatic rings. The van der Waals surface area contributed by atoms with Gasteiger partial charge in [-0.05, 0) is 67.7 Å². The van der Waals surface area contributed by atoms with Gasteiger partial charge in [0.05, 0.1) is 12.7 Å². The number of nitro groups is 1. The second-order valence-corrected chi connectivity index (χ2v) is 9.12. The lowest BCUT2D eigenvalue weighted by atomic mass is 10.1. The van der Waals surface area contributed by atoms with Crippen LogP contribution in [0.3, 0.4) is 0 Å².